The van der Waals surface area contributed by atoms with Crippen LogP contribution in [0.15, 0.2) is 85.5 Å². The summed E-state index contributed by atoms with van der Waals surface area (Å²) in [6.07, 6.45) is 2.27. The van der Waals surface area contributed by atoms with Gasteiger partial charge in [0.1, 0.15) is 62.1 Å². The van der Waals surface area contributed by atoms with Crippen LogP contribution >= 0.6 is 23.2 Å². The number of phenols is 5. The maximum absolute atomic E-state index is 13.2. The molecule has 2 aromatic heterocycles. The molecule has 0 aliphatic heterocycles. The van der Waals surface area contributed by atoms with Crippen molar-refractivity contribution in [1.82, 2.24) is 0 Å². The second kappa shape index (κ2) is 9.95. The van der Waals surface area contributed by atoms with Crippen LogP contribution in [0.1, 0.15) is 0 Å². The fourth-order valence-corrected chi connectivity index (χ4v) is 4.87. The lowest BCUT2D eigenvalue weighted by molar-refractivity contribution is 0.411. The van der Waals surface area contributed by atoms with E-state index < -0.39 is 33.9 Å². The zero-order valence-corrected chi connectivity index (χ0v) is 22.4. The fraction of sp³-hybridized carbons (Fsp3) is 0. The zero-order valence-electron chi connectivity index (χ0n) is 20.9. The molecule has 210 valence electrons. The Bertz CT molecular complexity index is 2180. The molecule has 0 spiro atoms. The third-order valence-corrected chi connectivity index (χ3v) is 7.29. The number of phenolic OH excluding ortho intramolecular Hbond substituents is 5. The van der Waals surface area contributed by atoms with Gasteiger partial charge in [-0.25, -0.2) is 0 Å². The number of ether oxygens (including phenoxy) is 1. The van der Waals surface area contributed by atoms with Gasteiger partial charge in [-0.1, -0.05) is 41.4 Å². The van der Waals surface area contributed by atoms with Gasteiger partial charge in [-0.3, -0.25) is 9.59 Å². The number of aromatic hydroxyl groups is 5. The molecule has 0 amide bonds. The first kappa shape index (κ1) is 26.9. The third kappa shape index (κ3) is 4.30. The molecule has 6 aromatic rings. The average molecular weight is 607 g/mol. The smallest absolute Gasteiger partial charge is 0.204 e. The lowest BCUT2D eigenvalue weighted by Crippen LogP contribution is -2.05. The van der Waals surface area contributed by atoms with Crippen molar-refractivity contribution < 1.29 is 39.1 Å². The molecule has 10 nitrogen and oxygen atoms in total. The molecule has 0 atom stereocenters. The van der Waals surface area contributed by atoms with E-state index in [1.807, 2.05) is 0 Å². The van der Waals surface area contributed by atoms with Crippen LogP contribution in [0.4, 0.5) is 0 Å². The molecule has 6 rings (SSSR count). The van der Waals surface area contributed by atoms with Crippen molar-refractivity contribution in [3.05, 3.63) is 97.6 Å². The van der Waals surface area contributed by atoms with E-state index in [1.54, 1.807) is 12.1 Å². The van der Waals surface area contributed by atoms with E-state index in [-0.39, 0.29) is 65.9 Å². The van der Waals surface area contributed by atoms with Gasteiger partial charge in [-0.05, 0) is 35.4 Å². The predicted molar refractivity (Wildman–Crippen MR) is 154 cm³/mol. The molecular weight excluding hydrogens is 591 g/mol. The SMILES string of the molecule is O=c1c(-c2ccc(Oc3cc(-c4coc5c(Cl)c(O)cc(O)c5c4=O)ccc3O)cc2)coc2c(Cl)c(O)cc(O)c12. The summed E-state index contributed by atoms with van der Waals surface area (Å²) in [6, 6.07) is 12.2. The summed E-state index contributed by atoms with van der Waals surface area (Å²) < 4.78 is 16.7. The molecule has 2 heterocycles. The van der Waals surface area contributed by atoms with Gasteiger partial charge >= 0.3 is 0 Å². The minimum atomic E-state index is -0.631. The van der Waals surface area contributed by atoms with Gasteiger partial charge in [0, 0.05) is 12.1 Å². The van der Waals surface area contributed by atoms with Crippen LogP contribution in [-0.4, -0.2) is 25.5 Å². The van der Waals surface area contributed by atoms with Gasteiger partial charge in [0.25, 0.3) is 0 Å². The molecule has 12 heteroatoms. The summed E-state index contributed by atoms with van der Waals surface area (Å²) in [6.45, 7) is 0. The van der Waals surface area contributed by atoms with E-state index in [0.29, 0.717) is 5.56 Å². The number of rotatable bonds is 4. The number of halogens is 2. The van der Waals surface area contributed by atoms with E-state index in [2.05, 4.69) is 0 Å². The molecular formula is C30H16Cl2O10. The lowest BCUT2D eigenvalue weighted by atomic mass is 10.0. The normalized spacial score (nSPS) is 11.3. The number of hydrogen-bond acceptors (Lipinski definition) is 10. The van der Waals surface area contributed by atoms with Crippen LogP contribution in [0.3, 0.4) is 0 Å². The van der Waals surface area contributed by atoms with Gasteiger partial charge in [0.2, 0.25) is 10.9 Å². The Morgan fingerprint density at radius 2 is 1.05 bits per heavy atom. The van der Waals surface area contributed by atoms with Crippen molar-refractivity contribution >= 4 is 45.1 Å². The van der Waals surface area contributed by atoms with Crippen molar-refractivity contribution in [1.29, 1.82) is 0 Å². The zero-order chi connectivity index (χ0) is 29.9. The summed E-state index contributed by atoms with van der Waals surface area (Å²) in [5, 5.41) is 49.6. The van der Waals surface area contributed by atoms with Gasteiger partial charge in [0.05, 0.1) is 11.1 Å². The summed E-state index contributed by atoms with van der Waals surface area (Å²) in [4.78, 5) is 26.3. The van der Waals surface area contributed by atoms with Crippen LogP contribution in [-0.2, 0) is 0 Å². The van der Waals surface area contributed by atoms with Crippen molar-refractivity contribution in [2.45, 2.75) is 0 Å². The first-order valence-electron chi connectivity index (χ1n) is 12.0. The fourth-order valence-electron chi connectivity index (χ4n) is 4.48. The molecule has 0 bridgehead atoms. The van der Waals surface area contributed by atoms with Gasteiger partial charge in [0.15, 0.2) is 22.7 Å². The van der Waals surface area contributed by atoms with E-state index in [4.69, 9.17) is 36.8 Å². The van der Waals surface area contributed by atoms with Crippen molar-refractivity contribution in [3.8, 4) is 62.5 Å². The van der Waals surface area contributed by atoms with Crippen molar-refractivity contribution in [2.75, 3.05) is 0 Å². The van der Waals surface area contributed by atoms with Crippen LogP contribution in [0, 0.1) is 0 Å². The van der Waals surface area contributed by atoms with Crippen LogP contribution in [0.2, 0.25) is 10.0 Å². The first-order chi connectivity index (χ1) is 20.0. The van der Waals surface area contributed by atoms with Crippen molar-refractivity contribution in [2.24, 2.45) is 0 Å². The average Bonchev–Trinajstić information content (AvgIpc) is 2.96. The molecule has 0 fully saturated rings. The summed E-state index contributed by atoms with van der Waals surface area (Å²) in [5.74, 6) is -1.89. The molecule has 0 saturated carbocycles. The third-order valence-electron chi connectivity index (χ3n) is 6.56. The van der Waals surface area contributed by atoms with Gasteiger partial charge in [-0.15, -0.1) is 0 Å². The molecule has 5 N–H and O–H groups in total. The highest BCUT2D eigenvalue weighted by molar-refractivity contribution is 6.37. The minimum Gasteiger partial charge on any atom is -0.507 e. The van der Waals surface area contributed by atoms with Crippen LogP contribution in [0.25, 0.3) is 44.2 Å². The second-order valence-electron chi connectivity index (χ2n) is 9.13. The lowest BCUT2D eigenvalue weighted by Gasteiger charge is -2.11. The largest absolute Gasteiger partial charge is 0.507 e. The first-order valence-corrected chi connectivity index (χ1v) is 12.7. The molecule has 42 heavy (non-hydrogen) atoms. The summed E-state index contributed by atoms with van der Waals surface area (Å²) >= 11 is 12.0. The minimum absolute atomic E-state index is 0.0164. The predicted octanol–water partition coefficient (Wildman–Crippen LogP) is 6.86. The summed E-state index contributed by atoms with van der Waals surface area (Å²) in [5.41, 5.74) is -0.713. The Balaban J connectivity index is 1.34. The Morgan fingerprint density at radius 1 is 0.571 bits per heavy atom. The van der Waals surface area contributed by atoms with Gasteiger partial charge < -0.3 is 39.1 Å². The van der Waals surface area contributed by atoms with Crippen LogP contribution in [0.5, 0.6) is 40.2 Å². The quantitative estimate of drug-likeness (QED) is 0.143. The molecule has 0 saturated heterocycles. The number of hydrogen-bond donors (Lipinski definition) is 5. The molecule has 0 aliphatic carbocycles. The molecule has 0 radical (unpaired) electrons. The second-order valence-corrected chi connectivity index (χ2v) is 9.89. The van der Waals surface area contributed by atoms with E-state index in [9.17, 15) is 35.1 Å². The Hall–Kier alpha value is -5.32. The topological polar surface area (TPSA) is 171 Å². The molecule has 4 aromatic carbocycles. The van der Waals surface area contributed by atoms with Crippen molar-refractivity contribution in [3.63, 3.8) is 0 Å². The number of benzene rings is 4. The van der Waals surface area contributed by atoms with E-state index in [1.165, 1.54) is 30.3 Å². The maximum Gasteiger partial charge on any atom is 0.204 e. The van der Waals surface area contributed by atoms with E-state index in [0.717, 1.165) is 24.7 Å². The van der Waals surface area contributed by atoms with E-state index >= 15 is 0 Å². The van der Waals surface area contributed by atoms with Gasteiger partial charge in [-0.2, -0.15) is 0 Å². The standard InChI is InChI=1S/C30H16Cl2O10/c31-25-20(36)8-18(34)23-27(38)15(10-40-29(23)25)12-1-4-14(5-2-12)42-22-7-13(3-6-17(22)33)16-11-41-30-24(28(16)39)19(35)9-21(37)26(30)32/h1-11,33-37H. The Morgan fingerprint density at radius 3 is 1.57 bits per heavy atom. The highest BCUT2D eigenvalue weighted by Crippen LogP contribution is 2.40. The maximum atomic E-state index is 13.2. The monoisotopic (exact) mass is 606 g/mol. The molecule has 0 unspecified atom stereocenters. The molecule has 0 aliphatic rings. The highest BCUT2D eigenvalue weighted by Gasteiger charge is 2.20. The summed E-state index contributed by atoms with van der Waals surface area (Å²) in [7, 11) is 0. The van der Waals surface area contributed by atoms with Crippen LogP contribution < -0.4 is 15.6 Å². The highest BCUT2D eigenvalue weighted by atomic mass is 35.5. The Labute approximate surface area is 244 Å². The Kier molecular flexibility index (Phi) is 6.37. The number of fused-ring (bicyclic) bond motifs is 2.